The molecule has 112 valence electrons. The molecule has 1 heterocycles. The Bertz CT molecular complexity index is 562. The van der Waals surface area contributed by atoms with Gasteiger partial charge in [0.15, 0.2) is 0 Å². The molecule has 1 aromatic heterocycles. The average molecular weight is 323 g/mol. The number of nitrogens with one attached hydrogen (secondary N) is 1. The maximum atomic E-state index is 6.11. The highest BCUT2D eigenvalue weighted by molar-refractivity contribution is 6.34. The van der Waals surface area contributed by atoms with Crippen molar-refractivity contribution in [2.75, 3.05) is 6.54 Å². The van der Waals surface area contributed by atoms with Crippen LogP contribution < -0.4 is 5.32 Å². The lowest BCUT2D eigenvalue weighted by atomic mass is 10.0. The van der Waals surface area contributed by atoms with Gasteiger partial charge in [0.25, 0.3) is 0 Å². The van der Waals surface area contributed by atoms with Crippen molar-refractivity contribution >= 4 is 23.2 Å². The van der Waals surface area contributed by atoms with Crippen molar-refractivity contribution in [3.05, 3.63) is 63.4 Å². The van der Waals surface area contributed by atoms with Crippen LogP contribution in [0.25, 0.3) is 0 Å². The third-order valence-electron chi connectivity index (χ3n) is 3.45. The summed E-state index contributed by atoms with van der Waals surface area (Å²) in [5, 5.41) is 4.80. The molecule has 0 aliphatic rings. The maximum absolute atomic E-state index is 6.11. The molecule has 0 radical (unpaired) electrons. The van der Waals surface area contributed by atoms with Crippen LogP contribution in [0.3, 0.4) is 0 Å². The van der Waals surface area contributed by atoms with E-state index in [-0.39, 0.29) is 6.04 Å². The van der Waals surface area contributed by atoms with Gasteiger partial charge in [0.1, 0.15) is 0 Å². The van der Waals surface area contributed by atoms with Crippen molar-refractivity contribution in [3.8, 4) is 0 Å². The molecule has 0 saturated heterocycles. The Hall–Kier alpha value is -1.09. The molecule has 0 saturated carbocycles. The fraction of sp³-hybridized carbons (Fsp3) is 0.353. The molecule has 0 bridgehead atoms. The van der Waals surface area contributed by atoms with Gasteiger partial charge in [-0.3, -0.25) is 4.98 Å². The van der Waals surface area contributed by atoms with Crippen LogP contribution in [0.1, 0.15) is 36.7 Å². The summed E-state index contributed by atoms with van der Waals surface area (Å²) in [7, 11) is 0. The van der Waals surface area contributed by atoms with Crippen LogP contribution in [0.2, 0.25) is 10.0 Å². The molecule has 21 heavy (non-hydrogen) atoms. The number of aromatic nitrogens is 1. The molecule has 1 atom stereocenters. The average Bonchev–Trinajstić information content (AvgIpc) is 2.46. The van der Waals surface area contributed by atoms with E-state index in [1.807, 2.05) is 18.3 Å². The lowest BCUT2D eigenvalue weighted by molar-refractivity contribution is 0.544. The Morgan fingerprint density at radius 1 is 1.10 bits per heavy atom. The molecule has 0 fully saturated rings. The second kappa shape index (κ2) is 7.79. The van der Waals surface area contributed by atoms with E-state index < -0.39 is 0 Å². The zero-order valence-corrected chi connectivity index (χ0v) is 13.9. The minimum Gasteiger partial charge on any atom is -0.310 e. The lowest BCUT2D eigenvalue weighted by Crippen LogP contribution is -2.23. The van der Waals surface area contributed by atoms with Gasteiger partial charge in [0.05, 0.1) is 0 Å². The number of hydrogen-bond donors (Lipinski definition) is 1. The van der Waals surface area contributed by atoms with E-state index >= 15 is 0 Å². The highest BCUT2D eigenvalue weighted by atomic mass is 35.5. The molecule has 0 amide bonds. The molecule has 4 heteroatoms. The van der Waals surface area contributed by atoms with Crippen LogP contribution in [-0.2, 0) is 12.8 Å². The van der Waals surface area contributed by atoms with Gasteiger partial charge in [-0.05, 0) is 48.4 Å². The Kier molecular flexibility index (Phi) is 6.04. The summed E-state index contributed by atoms with van der Waals surface area (Å²) in [5.41, 5.74) is 3.41. The van der Waals surface area contributed by atoms with Crippen molar-refractivity contribution in [3.63, 3.8) is 0 Å². The molecule has 2 aromatic rings. The highest BCUT2D eigenvalue weighted by Gasteiger charge is 2.13. The summed E-state index contributed by atoms with van der Waals surface area (Å²) in [4.78, 5) is 4.54. The molecular weight excluding hydrogens is 303 g/mol. The van der Waals surface area contributed by atoms with Crippen molar-refractivity contribution in [1.29, 1.82) is 0 Å². The number of likely N-dealkylation sites (N-methyl/N-ethyl adjacent to an activating group) is 1. The smallest absolute Gasteiger partial charge is 0.0424 e. The van der Waals surface area contributed by atoms with E-state index in [2.05, 4.69) is 36.3 Å². The number of rotatable bonds is 6. The summed E-state index contributed by atoms with van der Waals surface area (Å²) in [6.07, 6.45) is 3.77. The second-order valence-corrected chi connectivity index (χ2v) is 5.90. The predicted molar refractivity (Wildman–Crippen MR) is 90.2 cm³/mol. The van der Waals surface area contributed by atoms with E-state index in [1.165, 1.54) is 5.56 Å². The van der Waals surface area contributed by atoms with Crippen LogP contribution in [0.5, 0.6) is 0 Å². The molecule has 2 rings (SSSR count). The van der Waals surface area contributed by atoms with Crippen LogP contribution in [0.15, 0.2) is 36.5 Å². The summed E-state index contributed by atoms with van der Waals surface area (Å²) < 4.78 is 0. The van der Waals surface area contributed by atoms with Crippen LogP contribution in [-0.4, -0.2) is 11.5 Å². The zero-order valence-electron chi connectivity index (χ0n) is 12.4. The van der Waals surface area contributed by atoms with E-state index in [4.69, 9.17) is 23.2 Å². The largest absolute Gasteiger partial charge is 0.310 e. The monoisotopic (exact) mass is 322 g/mol. The van der Waals surface area contributed by atoms with Gasteiger partial charge in [-0.25, -0.2) is 0 Å². The van der Waals surface area contributed by atoms with E-state index in [9.17, 15) is 0 Å². The number of pyridine rings is 1. The van der Waals surface area contributed by atoms with Crippen molar-refractivity contribution in [1.82, 2.24) is 10.3 Å². The Balaban J connectivity index is 2.21. The van der Waals surface area contributed by atoms with Gasteiger partial charge >= 0.3 is 0 Å². The summed E-state index contributed by atoms with van der Waals surface area (Å²) in [6, 6.07) is 10.1. The standard InChI is InChI=1S/C17H20Cl2N2/c1-3-12-5-6-16(21-11-12)10-17(20-4-2)13-7-14(18)9-15(19)8-13/h5-9,11,17,20H,3-4,10H2,1-2H3. The van der Waals surface area contributed by atoms with Crippen molar-refractivity contribution in [2.45, 2.75) is 32.7 Å². The quantitative estimate of drug-likeness (QED) is 0.822. The topological polar surface area (TPSA) is 24.9 Å². The minimum absolute atomic E-state index is 0.158. The van der Waals surface area contributed by atoms with Crippen molar-refractivity contribution < 1.29 is 0 Å². The molecule has 1 aromatic carbocycles. The zero-order chi connectivity index (χ0) is 15.2. The maximum Gasteiger partial charge on any atom is 0.0424 e. The summed E-state index contributed by atoms with van der Waals surface area (Å²) >= 11 is 12.2. The van der Waals surface area contributed by atoms with Gasteiger partial charge in [-0.1, -0.05) is 43.1 Å². The summed E-state index contributed by atoms with van der Waals surface area (Å²) in [5.74, 6) is 0. The highest BCUT2D eigenvalue weighted by Crippen LogP contribution is 2.25. The molecule has 2 nitrogen and oxygen atoms in total. The van der Waals surface area contributed by atoms with Gasteiger partial charge in [-0.15, -0.1) is 0 Å². The van der Waals surface area contributed by atoms with E-state index in [0.29, 0.717) is 10.0 Å². The third-order valence-corrected chi connectivity index (χ3v) is 3.88. The Morgan fingerprint density at radius 3 is 2.33 bits per heavy atom. The van der Waals surface area contributed by atoms with E-state index in [0.717, 1.165) is 30.6 Å². The Morgan fingerprint density at radius 2 is 1.81 bits per heavy atom. The van der Waals surface area contributed by atoms with Gasteiger partial charge in [0, 0.05) is 34.4 Å². The van der Waals surface area contributed by atoms with Crippen molar-refractivity contribution in [2.24, 2.45) is 0 Å². The first-order valence-electron chi connectivity index (χ1n) is 7.25. The van der Waals surface area contributed by atoms with Gasteiger partial charge in [-0.2, -0.15) is 0 Å². The number of hydrogen-bond acceptors (Lipinski definition) is 2. The molecule has 0 aliphatic carbocycles. The second-order valence-electron chi connectivity index (χ2n) is 5.03. The van der Waals surface area contributed by atoms with Crippen LogP contribution >= 0.6 is 23.2 Å². The summed E-state index contributed by atoms with van der Waals surface area (Å²) in [6.45, 7) is 5.10. The number of halogens is 2. The fourth-order valence-electron chi connectivity index (χ4n) is 2.32. The van der Waals surface area contributed by atoms with Crippen LogP contribution in [0, 0.1) is 0 Å². The minimum atomic E-state index is 0.158. The predicted octanol–water partition coefficient (Wildman–Crippen LogP) is 4.84. The molecule has 0 spiro atoms. The Labute approximate surface area is 136 Å². The number of nitrogens with zero attached hydrogens (tertiary/aromatic N) is 1. The first-order valence-corrected chi connectivity index (χ1v) is 8.01. The molecular formula is C17H20Cl2N2. The van der Waals surface area contributed by atoms with E-state index in [1.54, 1.807) is 6.07 Å². The number of aryl methyl sites for hydroxylation is 1. The van der Waals surface area contributed by atoms with Gasteiger partial charge in [0.2, 0.25) is 0 Å². The van der Waals surface area contributed by atoms with Crippen LogP contribution in [0.4, 0.5) is 0 Å². The number of benzene rings is 1. The first kappa shape index (κ1) is 16.3. The first-order chi connectivity index (χ1) is 10.1. The SMILES string of the molecule is CCNC(Cc1ccc(CC)cn1)c1cc(Cl)cc(Cl)c1. The third kappa shape index (κ3) is 4.70. The molecule has 1 unspecified atom stereocenters. The fourth-order valence-corrected chi connectivity index (χ4v) is 2.87. The molecule has 1 N–H and O–H groups in total. The van der Waals surface area contributed by atoms with Gasteiger partial charge < -0.3 is 5.32 Å². The molecule has 0 aliphatic heterocycles. The normalized spacial score (nSPS) is 12.4. The lowest BCUT2D eigenvalue weighted by Gasteiger charge is -2.19.